The van der Waals surface area contributed by atoms with Gasteiger partial charge in [-0.15, -0.1) is 0 Å². The Hall–Kier alpha value is -2.43. The van der Waals surface area contributed by atoms with E-state index in [1.165, 1.54) is 0 Å². The third-order valence-corrected chi connectivity index (χ3v) is 2.79. The highest BCUT2D eigenvalue weighted by molar-refractivity contribution is 5.83. The van der Waals surface area contributed by atoms with Crippen molar-refractivity contribution in [2.45, 2.75) is 0 Å². The van der Waals surface area contributed by atoms with E-state index < -0.39 is 0 Å². The van der Waals surface area contributed by atoms with Crippen LogP contribution in [0.5, 0.6) is 5.88 Å². The van der Waals surface area contributed by atoms with Gasteiger partial charge in [0.05, 0.1) is 25.0 Å². The fourth-order valence-electron chi connectivity index (χ4n) is 1.85. The number of hydrogen-bond acceptors (Lipinski definition) is 4. The molecule has 3 aromatic heterocycles. The van der Waals surface area contributed by atoms with Gasteiger partial charge < -0.3 is 4.74 Å². The molecular formula is C13H12N4O. The lowest BCUT2D eigenvalue weighted by Gasteiger charge is -2.02. The van der Waals surface area contributed by atoms with Gasteiger partial charge in [-0.3, -0.25) is 9.67 Å². The van der Waals surface area contributed by atoms with Crippen LogP contribution in [0.25, 0.3) is 22.0 Å². The van der Waals surface area contributed by atoms with E-state index in [0.29, 0.717) is 5.88 Å². The number of aromatic nitrogens is 4. The molecule has 18 heavy (non-hydrogen) atoms. The third-order valence-electron chi connectivity index (χ3n) is 2.79. The lowest BCUT2D eigenvalue weighted by molar-refractivity contribution is 0.398. The normalized spacial score (nSPS) is 10.8. The van der Waals surface area contributed by atoms with Crippen LogP contribution in [0.1, 0.15) is 0 Å². The Morgan fingerprint density at radius 3 is 2.67 bits per heavy atom. The van der Waals surface area contributed by atoms with E-state index in [-0.39, 0.29) is 0 Å². The van der Waals surface area contributed by atoms with Crippen LogP contribution in [-0.4, -0.2) is 26.9 Å². The van der Waals surface area contributed by atoms with Gasteiger partial charge in [0, 0.05) is 42.0 Å². The van der Waals surface area contributed by atoms with Gasteiger partial charge in [0.15, 0.2) is 0 Å². The molecule has 0 atom stereocenters. The molecule has 0 aliphatic carbocycles. The number of fused-ring (bicyclic) bond motifs is 1. The summed E-state index contributed by atoms with van der Waals surface area (Å²) in [6.45, 7) is 0. The van der Waals surface area contributed by atoms with Crippen molar-refractivity contribution in [3.05, 3.63) is 36.9 Å². The summed E-state index contributed by atoms with van der Waals surface area (Å²) in [6.07, 6.45) is 7.32. The van der Waals surface area contributed by atoms with Crippen molar-refractivity contribution in [1.82, 2.24) is 19.7 Å². The first-order valence-corrected chi connectivity index (χ1v) is 5.55. The maximum Gasteiger partial charge on any atom is 0.213 e. The lowest BCUT2D eigenvalue weighted by Crippen LogP contribution is -1.89. The highest BCUT2D eigenvalue weighted by Crippen LogP contribution is 2.23. The quantitative estimate of drug-likeness (QED) is 0.687. The van der Waals surface area contributed by atoms with Gasteiger partial charge in [-0.2, -0.15) is 5.10 Å². The van der Waals surface area contributed by atoms with Gasteiger partial charge in [-0.05, 0) is 6.07 Å². The molecule has 5 heteroatoms. The number of rotatable bonds is 2. The summed E-state index contributed by atoms with van der Waals surface area (Å²) in [4.78, 5) is 8.52. The SMILES string of the molecule is COc1cc2cc(-c3cnn(C)c3)cnc2cn1. The van der Waals surface area contributed by atoms with Gasteiger partial charge in [-0.1, -0.05) is 0 Å². The highest BCUT2D eigenvalue weighted by Gasteiger charge is 2.04. The molecular weight excluding hydrogens is 228 g/mol. The molecule has 3 rings (SSSR count). The van der Waals surface area contributed by atoms with Crippen molar-refractivity contribution < 1.29 is 4.74 Å². The second kappa shape index (κ2) is 4.10. The van der Waals surface area contributed by atoms with Crippen LogP contribution in [-0.2, 0) is 7.05 Å². The first-order chi connectivity index (χ1) is 8.76. The van der Waals surface area contributed by atoms with Crippen molar-refractivity contribution >= 4 is 10.9 Å². The average Bonchev–Trinajstić information content (AvgIpc) is 2.84. The predicted molar refractivity (Wildman–Crippen MR) is 68.3 cm³/mol. The maximum atomic E-state index is 5.12. The molecule has 0 saturated heterocycles. The lowest BCUT2D eigenvalue weighted by atomic mass is 10.1. The van der Waals surface area contributed by atoms with Crippen LogP contribution in [0.2, 0.25) is 0 Å². The van der Waals surface area contributed by atoms with Crippen molar-refractivity contribution in [3.8, 4) is 17.0 Å². The summed E-state index contributed by atoms with van der Waals surface area (Å²) in [5.74, 6) is 0.590. The van der Waals surface area contributed by atoms with E-state index in [1.807, 2.05) is 31.7 Å². The summed E-state index contributed by atoms with van der Waals surface area (Å²) in [5, 5.41) is 5.16. The number of aryl methyl sites for hydroxylation is 1. The molecule has 3 heterocycles. The van der Waals surface area contributed by atoms with Crippen LogP contribution in [0.3, 0.4) is 0 Å². The minimum absolute atomic E-state index is 0.590. The first kappa shape index (κ1) is 10.7. The highest BCUT2D eigenvalue weighted by atomic mass is 16.5. The summed E-state index contributed by atoms with van der Waals surface area (Å²) in [5.41, 5.74) is 2.93. The maximum absolute atomic E-state index is 5.12. The van der Waals surface area contributed by atoms with Crippen LogP contribution in [0.4, 0.5) is 0 Å². The molecule has 0 fully saturated rings. The molecule has 5 nitrogen and oxygen atoms in total. The third kappa shape index (κ3) is 1.79. The minimum Gasteiger partial charge on any atom is -0.481 e. The van der Waals surface area contributed by atoms with E-state index >= 15 is 0 Å². The van der Waals surface area contributed by atoms with Crippen molar-refractivity contribution in [2.24, 2.45) is 7.05 Å². The largest absolute Gasteiger partial charge is 0.481 e. The Labute approximate surface area is 104 Å². The number of nitrogens with zero attached hydrogens (tertiary/aromatic N) is 4. The molecule has 3 aromatic rings. The molecule has 0 spiro atoms. The predicted octanol–water partition coefficient (Wildman–Crippen LogP) is 2.04. The molecule has 0 bridgehead atoms. The molecule has 0 aliphatic heterocycles. The second-order valence-electron chi connectivity index (χ2n) is 4.05. The summed E-state index contributed by atoms with van der Waals surface area (Å²) in [7, 11) is 3.50. The van der Waals surface area contributed by atoms with Crippen LogP contribution in [0, 0.1) is 0 Å². The molecule has 0 aromatic carbocycles. The Kier molecular flexibility index (Phi) is 2.44. The zero-order valence-electron chi connectivity index (χ0n) is 10.2. The molecule has 90 valence electrons. The summed E-state index contributed by atoms with van der Waals surface area (Å²) in [6, 6.07) is 3.94. The molecule has 0 unspecified atom stereocenters. The van der Waals surface area contributed by atoms with Gasteiger partial charge in [0.25, 0.3) is 0 Å². The topological polar surface area (TPSA) is 52.8 Å². The summed E-state index contributed by atoms with van der Waals surface area (Å²) >= 11 is 0. The number of methoxy groups -OCH3 is 1. The first-order valence-electron chi connectivity index (χ1n) is 5.55. The number of ether oxygens (including phenoxy) is 1. The molecule has 0 aliphatic rings. The van der Waals surface area contributed by atoms with Crippen LogP contribution >= 0.6 is 0 Å². The van der Waals surface area contributed by atoms with Gasteiger partial charge in [0.2, 0.25) is 5.88 Å². The van der Waals surface area contributed by atoms with Crippen LogP contribution < -0.4 is 4.74 Å². The van der Waals surface area contributed by atoms with Crippen LogP contribution in [0.15, 0.2) is 36.9 Å². The second-order valence-corrected chi connectivity index (χ2v) is 4.05. The standard InChI is InChI=1S/C13H12N4O/c1-17-8-11(6-16-17)10-3-9-4-13(18-2)15-7-12(9)14-5-10/h3-8H,1-2H3. The zero-order valence-corrected chi connectivity index (χ0v) is 10.2. The van der Waals surface area contributed by atoms with Gasteiger partial charge >= 0.3 is 0 Å². The number of hydrogen-bond donors (Lipinski definition) is 0. The Morgan fingerprint density at radius 2 is 1.94 bits per heavy atom. The average molecular weight is 240 g/mol. The van der Waals surface area contributed by atoms with E-state index in [0.717, 1.165) is 22.0 Å². The zero-order chi connectivity index (χ0) is 12.5. The molecule has 0 radical (unpaired) electrons. The molecule has 0 amide bonds. The Morgan fingerprint density at radius 1 is 1.06 bits per heavy atom. The van der Waals surface area contributed by atoms with E-state index in [1.54, 1.807) is 18.0 Å². The Bertz CT molecular complexity index is 705. The van der Waals surface area contributed by atoms with E-state index in [2.05, 4.69) is 21.1 Å². The van der Waals surface area contributed by atoms with Crippen molar-refractivity contribution in [3.63, 3.8) is 0 Å². The monoisotopic (exact) mass is 240 g/mol. The molecule has 0 N–H and O–H groups in total. The fraction of sp³-hybridized carbons (Fsp3) is 0.154. The molecule has 0 saturated carbocycles. The van der Waals surface area contributed by atoms with E-state index in [4.69, 9.17) is 4.74 Å². The van der Waals surface area contributed by atoms with Gasteiger partial charge in [0.1, 0.15) is 0 Å². The van der Waals surface area contributed by atoms with Gasteiger partial charge in [-0.25, -0.2) is 4.98 Å². The fourth-order valence-corrected chi connectivity index (χ4v) is 1.85. The minimum atomic E-state index is 0.590. The number of pyridine rings is 2. The smallest absolute Gasteiger partial charge is 0.213 e. The Balaban J connectivity index is 2.14. The van der Waals surface area contributed by atoms with Crippen molar-refractivity contribution in [1.29, 1.82) is 0 Å². The summed E-state index contributed by atoms with van der Waals surface area (Å²) < 4.78 is 6.89. The van der Waals surface area contributed by atoms with E-state index in [9.17, 15) is 0 Å². The van der Waals surface area contributed by atoms with Crippen molar-refractivity contribution in [2.75, 3.05) is 7.11 Å².